The molecule has 0 saturated carbocycles. The molecule has 0 fully saturated rings. The average Bonchev–Trinajstić information content (AvgIpc) is 1.61. The van der Waals surface area contributed by atoms with Gasteiger partial charge in [0, 0.05) is 16.7 Å². The Morgan fingerprint density at radius 2 is 0.537 bits per heavy atom. The van der Waals surface area contributed by atoms with Crippen molar-refractivity contribution in [1.29, 1.82) is 0 Å². The van der Waals surface area contributed by atoms with Crippen LogP contribution in [0.15, 0.2) is 121 Å². The fourth-order valence-corrected chi connectivity index (χ4v) is 13.8. The first-order chi connectivity index (χ1) is 46.5. The zero-order valence-electron chi connectivity index (χ0n) is 63.7. The second-order valence-corrected chi connectivity index (χ2v) is 28.3. The number of allylic oxidation sites excluding steroid dienone is 10. The van der Waals surface area contributed by atoms with Gasteiger partial charge >= 0.3 is 20.4 Å². The Labute approximate surface area is 608 Å². The van der Waals surface area contributed by atoms with Crippen molar-refractivity contribution in [3.05, 3.63) is 163 Å². The topological polar surface area (TPSA) is 25.3 Å². The second kappa shape index (κ2) is 73.3. The van der Waals surface area contributed by atoms with Crippen molar-refractivity contribution in [2.24, 2.45) is 0 Å². The summed E-state index contributed by atoms with van der Waals surface area (Å²) in [7, 11) is 0. The maximum absolute atomic E-state index is 12.8. The van der Waals surface area contributed by atoms with E-state index in [4.69, 9.17) is 0 Å². The van der Waals surface area contributed by atoms with Gasteiger partial charge in [-0.1, -0.05) is 396 Å². The first-order valence-corrected chi connectivity index (χ1v) is 41.4. The summed E-state index contributed by atoms with van der Waals surface area (Å²) in [5.74, 6) is 0. The van der Waals surface area contributed by atoms with Crippen LogP contribution in [0, 0.1) is 13.8 Å². The minimum atomic E-state index is 0. The fourth-order valence-electron chi connectivity index (χ4n) is 13.8. The Bertz CT molecular complexity index is 2160. The van der Waals surface area contributed by atoms with Gasteiger partial charge in [-0.2, -0.15) is 0 Å². The van der Waals surface area contributed by atoms with Crippen molar-refractivity contribution in [3.8, 4) is 0 Å². The number of unbranched alkanes of at least 4 members (excludes halogenated alkanes) is 51. The minimum absolute atomic E-state index is 0. The molecular weight excluding hydrogens is 1240 g/mol. The molecule has 0 N–H and O–H groups in total. The van der Waals surface area contributed by atoms with Gasteiger partial charge in [0.25, 0.3) is 0 Å². The van der Waals surface area contributed by atoms with E-state index in [0.29, 0.717) is 0 Å². The fraction of sp³-hybridized carbons (Fsp3) is 0.696. The number of aryl methyl sites for hydroxylation is 2. The van der Waals surface area contributed by atoms with Crippen molar-refractivity contribution >= 4 is 11.4 Å². The molecule has 1 aliphatic rings. The predicted molar refractivity (Wildman–Crippen MR) is 427 cm³/mol. The van der Waals surface area contributed by atoms with Crippen LogP contribution in [0.1, 0.15) is 422 Å². The number of nitrogens with zero attached hydrogens (tertiary/aromatic N) is 2. The van der Waals surface area contributed by atoms with Crippen LogP contribution in [0.3, 0.4) is 0 Å². The average molecular weight is 1400 g/mol. The largest absolute Gasteiger partial charge is 2.00 e. The van der Waals surface area contributed by atoms with Crippen molar-refractivity contribution in [2.45, 2.75) is 413 Å². The van der Waals surface area contributed by atoms with Crippen LogP contribution in [0.25, 0.3) is 16.9 Å². The molecule has 1 aliphatic heterocycles. The Kier molecular flexibility index (Phi) is 70.7. The monoisotopic (exact) mass is 1400 g/mol. The van der Waals surface area contributed by atoms with Gasteiger partial charge in [0.05, 0.1) is 5.57 Å². The van der Waals surface area contributed by atoms with Gasteiger partial charge in [-0.25, -0.2) is 43.9 Å². The van der Waals surface area contributed by atoms with E-state index in [1.165, 1.54) is 367 Å². The predicted octanol–water partition coefficient (Wildman–Crippen LogP) is 32.3. The van der Waals surface area contributed by atoms with Gasteiger partial charge in [0.2, 0.25) is 11.4 Å². The van der Waals surface area contributed by atoms with Crippen LogP contribution < -0.4 is 0 Å². The molecule has 95 heavy (non-hydrogen) atoms. The van der Waals surface area contributed by atoms with Crippen molar-refractivity contribution in [2.75, 3.05) is 0 Å². The van der Waals surface area contributed by atoms with Gasteiger partial charge in [0.1, 0.15) is 0 Å². The molecule has 0 aromatic heterocycles. The number of rotatable bonds is 65. The summed E-state index contributed by atoms with van der Waals surface area (Å²) in [6, 6.07) is 18.1. The quantitative estimate of drug-likeness (QED) is 0.0207. The maximum atomic E-state index is 12.8. The van der Waals surface area contributed by atoms with Crippen LogP contribution in [-0.2, 0) is 33.3 Å². The summed E-state index contributed by atoms with van der Waals surface area (Å²) in [5.41, 5.74) is 22.5. The van der Waals surface area contributed by atoms with Crippen molar-refractivity contribution < 1.29 is 25.1 Å². The smallest absolute Gasteiger partial charge is 0.493 e. The van der Waals surface area contributed by atoms with Crippen LogP contribution >= 0.6 is 0 Å². The Morgan fingerprint density at radius 1 is 0.305 bits per heavy atom. The van der Waals surface area contributed by atoms with E-state index < -0.39 is 0 Å². The molecule has 0 amide bonds. The Hall–Kier alpha value is -3.38. The first kappa shape index (κ1) is 91.6. The van der Waals surface area contributed by atoms with Gasteiger partial charge in [-0.05, 0) is 113 Å². The van der Waals surface area contributed by atoms with Gasteiger partial charge in [0.15, 0.2) is 0 Å². The van der Waals surface area contributed by atoms with Gasteiger partial charge < -0.3 is 5.53 Å². The first-order valence-electron chi connectivity index (χ1n) is 41.4. The second-order valence-electron chi connectivity index (χ2n) is 28.3. The van der Waals surface area contributed by atoms with Crippen LogP contribution in [0.5, 0.6) is 0 Å². The Balaban J connectivity index is 0.0000121. The molecule has 1 heterocycles. The third-order valence-corrected chi connectivity index (χ3v) is 19.5. The van der Waals surface area contributed by atoms with E-state index >= 15 is 0 Å². The van der Waals surface area contributed by atoms with Crippen molar-refractivity contribution in [1.82, 2.24) is 0 Å². The third kappa shape index (κ3) is 52.3. The molecule has 2 aromatic carbocycles. The molecule has 2 nitrogen and oxygen atoms in total. The summed E-state index contributed by atoms with van der Waals surface area (Å²) in [4.78, 5) is 0. The van der Waals surface area contributed by atoms with E-state index in [1.54, 1.807) is 4.70 Å². The van der Waals surface area contributed by atoms with Crippen LogP contribution in [0.2, 0.25) is 0 Å². The zero-order chi connectivity index (χ0) is 67.9. The standard InChI is InChI=1S/C86H146N2.2C3H5.Pd/c1-5-9-13-16-19-22-25-28-31-34-35-36-37-38-39-40-41-42-43-44-45-48-51-54-57-60-63-66-78-84-83(75-12-8-4)85(81-76-69-67-73-79(81)71-64-61-58-55-52-49-46-32-29-26-23-20-17-14-10-6-2)88(87)86(84)82-77-70-68-74-80(82)72-65-62-59-56-53-50-47-33-30-27-24-21-18-15-11-7-3;2*1-3-2;/h55-56,58-59,66-70,73-74,76-78H,5-54,57,60-65,71-72,75H2,1-4H3;2*3H,1-2H2;/q;2*-1;+2. The molecule has 3 heteroatoms. The summed E-state index contributed by atoms with van der Waals surface area (Å²) in [6.07, 6.45) is 98.9. The van der Waals surface area contributed by atoms with E-state index in [9.17, 15) is 5.53 Å². The summed E-state index contributed by atoms with van der Waals surface area (Å²) < 4.78 is 1.64. The molecule has 0 aliphatic carbocycles. The molecule has 544 valence electrons. The summed E-state index contributed by atoms with van der Waals surface area (Å²) in [5, 5.41) is 0. The zero-order valence-corrected chi connectivity index (χ0v) is 65.3. The molecule has 2 aromatic rings. The maximum Gasteiger partial charge on any atom is 2.00 e. The molecule has 0 unspecified atom stereocenters. The van der Waals surface area contributed by atoms with E-state index in [2.05, 4.69) is 140 Å². The number of benzene rings is 2. The molecule has 0 atom stereocenters. The molecular formula is C92H156N2Pd. The molecule has 3 rings (SSSR count). The van der Waals surface area contributed by atoms with Gasteiger partial charge in [-0.15, -0.1) is 0 Å². The third-order valence-electron chi connectivity index (χ3n) is 19.5. The van der Waals surface area contributed by atoms with E-state index in [1.807, 2.05) is 0 Å². The normalized spacial score (nSPS) is 12.3. The molecule has 0 spiro atoms. The summed E-state index contributed by atoms with van der Waals surface area (Å²) in [6.45, 7) is 22.2. The summed E-state index contributed by atoms with van der Waals surface area (Å²) >= 11 is 0. The van der Waals surface area contributed by atoms with Crippen LogP contribution in [-0.4, -0.2) is 4.70 Å². The van der Waals surface area contributed by atoms with E-state index in [-0.39, 0.29) is 20.4 Å². The van der Waals surface area contributed by atoms with Crippen LogP contribution in [0.4, 0.5) is 0 Å². The molecule has 0 saturated heterocycles. The molecule has 0 bridgehead atoms. The number of hydrogen-bond donors (Lipinski definition) is 0. The van der Waals surface area contributed by atoms with E-state index in [0.717, 1.165) is 75.6 Å². The van der Waals surface area contributed by atoms with Crippen molar-refractivity contribution in [3.63, 3.8) is 0 Å². The number of hydrogen-bond acceptors (Lipinski definition) is 0. The SMILES string of the molecule is C=C[CH2-].C=C[CH2-].CCCCCCCCCCCCCC=CCCCc1ccccc1C1=C(C=CCCCCCCCCCCCCCCCCCCCCCCCCCCCC)C(CCCC)=C(c2ccccc2CCCC=CCCCCCCCCCCCCC)[N+]1=[N-].[Pd+2]. The Morgan fingerprint density at radius 3 is 0.821 bits per heavy atom. The molecule has 0 radical (unpaired) electrons. The minimum Gasteiger partial charge on any atom is -0.493 e. The van der Waals surface area contributed by atoms with Gasteiger partial charge in [-0.3, -0.25) is 0 Å².